The molecular weight excluding hydrogens is 420 g/mol. The van der Waals surface area contributed by atoms with Crippen LogP contribution in [-0.2, 0) is 6.54 Å². The Balaban J connectivity index is 1.83. The Morgan fingerprint density at radius 1 is 1.16 bits per heavy atom. The zero-order valence-electron chi connectivity index (χ0n) is 18.2. The summed E-state index contributed by atoms with van der Waals surface area (Å²) in [7, 11) is 3.16. The van der Waals surface area contributed by atoms with Gasteiger partial charge in [0.25, 0.3) is 0 Å². The summed E-state index contributed by atoms with van der Waals surface area (Å²) in [5.41, 5.74) is 1.93. The van der Waals surface area contributed by atoms with Crippen LogP contribution in [-0.4, -0.2) is 52.8 Å². The van der Waals surface area contributed by atoms with Crippen molar-refractivity contribution in [2.75, 3.05) is 31.5 Å². The number of benzene rings is 1. The maximum absolute atomic E-state index is 13.3. The van der Waals surface area contributed by atoms with Crippen molar-refractivity contribution in [2.45, 2.75) is 38.3 Å². The highest BCUT2D eigenvalue weighted by atomic mass is 19.3. The average molecular weight is 447 g/mol. The largest absolute Gasteiger partial charge is 0.497 e. The van der Waals surface area contributed by atoms with Crippen molar-refractivity contribution in [3.63, 3.8) is 0 Å². The van der Waals surface area contributed by atoms with Gasteiger partial charge in [0.05, 0.1) is 32.4 Å². The number of nitrogens with zero attached hydrogens (tertiary/aromatic N) is 3. The van der Waals surface area contributed by atoms with Crippen LogP contribution >= 0.6 is 0 Å². The number of hydrogen-bond donors (Lipinski definition) is 3. The molecule has 0 radical (unpaired) electrons. The Morgan fingerprint density at radius 2 is 1.97 bits per heavy atom. The number of nitrogens with one attached hydrogen (secondary N) is 2. The Labute approximate surface area is 185 Å². The Morgan fingerprint density at radius 3 is 2.66 bits per heavy atom. The van der Waals surface area contributed by atoms with Gasteiger partial charge >= 0.3 is 0 Å². The first-order chi connectivity index (χ1) is 15.3. The van der Waals surface area contributed by atoms with Gasteiger partial charge in [0.1, 0.15) is 17.0 Å². The lowest BCUT2D eigenvalue weighted by Crippen LogP contribution is -2.27. The van der Waals surface area contributed by atoms with E-state index in [0.717, 1.165) is 12.5 Å². The molecule has 8 nitrogen and oxygen atoms in total. The summed E-state index contributed by atoms with van der Waals surface area (Å²) in [5, 5.41) is 15.9. The number of pyridine rings is 1. The Bertz CT molecular complexity index is 1050. The van der Waals surface area contributed by atoms with Crippen LogP contribution in [0.4, 0.5) is 20.5 Å². The SMILES string of the molecule is COc1ccc(CNc2nc(N[C@@H](CO)CCC(C)(F)F)c3ncccc3n2)c(OC)c1. The molecule has 0 aliphatic carbocycles. The van der Waals surface area contributed by atoms with Gasteiger partial charge in [0.2, 0.25) is 11.9 Å². The quantitative estimate of drug-likeness (QED) is 0.407. The molecule has 2 aromatic heterocycles. The van der Waals surface area contributed by atoms with E-state index in [2.05, 4.69) is 25.6 Å². The van der Waals surface area contributed by atoms with Crippen LogP contribution in [0.15, 0.2) is 36.5 Å². The maximum atomic E-state index is 13.3. The van der Waals surface area contributed by atoms with Crippen LogP contribution in [0.2, 0.25) is 0 Å². The molecule has 3 aromatic rings. The van der Waals surface area contributed by atoms with Crippen LogP contribution in [0.25, 0.3) is 11.0 Å². The summed E-state index contributed by atoms with van der Waals surface area (Å²) in [6.07, 6.45) is 1.31. The highest BCUT2D eigenvalue weighted by Gasteiger charge is 2.23. The molecule has 0 amide bonds. The minimum absolute atomic E-state index is 0.0736. The van der Waals surface area contributed by atoms with Gasteiger partial charge in [-0.3, -0.25) is 4.98 Å². The maximum Gasteiger partial charge on any atom is 0.245 e. The van der Waals surface area contributed by atoms with Crippen molar-refractivity contribution in [1.29, 1.82) is 0 Å². The number of halogens is 2. The molecule has 1 atom stereocenters. The lowest BCUT2D eigenvalue weighted by atomic mass is 10.1. The van der Waals surface area contributed by atoms with Gasteiger partial charge in [0.15, 0.2) is 5.82 Å². The molecule has 10 heteroatoms. The fourth-order valence-corrected chi connectivity index (χ4v) is 3.15. The molecule has 0 aliphatic heterocycles. The molecule has 0 spiro atoms. The van der Waals surface area contributed by atoms with Gasteiger partial charge in [-0.15, -0.1) is 0 Å². The molecule has 3 N–H and O–H groups in total. The van der Waals surface area contributed by atoms with Crippen molar-refractivity contribution >= 4 is 22.8 Å². The fourth-order valence-electron chi connectivity index (χ4n) is 3.15. The van der Waals surface area contributed by atoms with Gasteiger partial charge < -0.3 is 25.2 Å². The van der Waals surface area contributed by atoms with E-state index in [1.165, 1.54) is 0 Å². The monoisotopic (exact) mass is 447 g/mol. The van der Waals surface area contributed by atoms with Gasteiger partial charge in [-0.25, -0.2) is 13.8 Å². The van der Waals surface area contributed by atoms with Crippen molar-refractivity contribution in [1.82, 2.24) is 15.0 Å². The van der Waals surface area contributed by atoms with E-state index in [-0.39, 0.29) is 19.4 Å². The van der Waals surface area contributed by atoms with Crippen LogP contribution in [0.5, 0.6) is 11.5 Å². The first-order valence-electron chi connectivity index (χ1n) is 10.2. The zero-order chi connectivity index (χ0) is 23.1. The van der Waals surface area contributed by atoms with Crippen molar-refractivity contribution in [3.05, 3.63) is 42.1 Å². The number of aromatic nitrogens is 3. The topological polar surface area (TPSA) is 101 Å². The van der Waals surface area contributed by atoms with E-state index in [1.54, 1.807) is 38.6 Å². The number of anilines is 2. The van der Waals surface area contributed by atoms with Gasteiger partial charge in [-0.1, -0.05) is 0 Å². The van der Waals surface area contributed by atoms with Crippen molar-refractivity contribution in [3.8, 4) is 11.5 Å². The molecule has 0 saturated carbocycles. The standard InChI is InChI=1S/C22H27F2N5O3/c1-22(23,24)9-8-15(13-30)27-20-19-17(5-4-10-25-19)28-21(29-20)26-12-14-6-7-16(31-2)11-18(14)32-3/h4-7,10-11,15,30H,8-9,12-13H2,1-3H3,(H2,26,27,28,29)/t15-/m1/s1. The zero-order valence-corrected chi connectivity index (χ0v) is 18.2. The lowest BCUT2D eigenvalue weighted by molar-refractivity contribution is 0.00851. The number of rotatable bonds is 11. The lowest BCUT2D eigenvalue weighted by Gasteiger charge is -2.20. The summed E-state index contributed by atoms with van der Waals surface area (Å²) in [6, 6.07) is 8.41. The second-order valence-electron chi connectivity index (χ2n) is 7.43. The van der Waals surface area contributed by atoms with Crippen molar-refractivity contribution < 1.29 is 23.4 Å². The molecule has 1 aromatic carbocycles. The van der Waals surface area contributed by atoms with E-state index in [4.69, 9.17) is 9.47 Å². The van der Waals surface area contributed by atoms with E-state index in [9.17, 15) is 13.9 Å². The number of fused-ring (bicyclic) bond motifs is 1. The number of methoxy groups -OCH3 is 2. The predicted molar refractivity (Wildman–Crippen MR) is 119 cm³/mol. The first kappa shape index (κ1) is 23.4. The highest BCUT2D eigenvalue weighted by molar-refractivity contribution is 5.86. The molecular formula is C22H27F2N5O3. The second-order valence-corrected chi connectivity index (χ2v) is 7.43. The van der Waals surface area contributed by atoms with E-state index < -0.39 is 12.0 Å². The van der Waals surface area contributed by atoms with Gasteiger partial charge in [-0.05, 0) is 37.6 Å². The van der Waals surface area contributed by atoms with Crippen LogP contribution < -0.4 is 20.1 Å². The Hall–Kier alpha value is -3.27. The highest BCUT2D eigenvalue weighted by Crippen LogP contribution is 2.27. The van der Waals surface area contributed by atoms with E-state index >= 15 is 0 Å². The van der Waals surface area contributed by atoms with E-state index in [1.807, 2.05) is 12.1 Å². The number of aliphatic hydroxyl groups is 1. The molecule has 32 heavy (non-hydrogen) atoms. The molecule has 0 aliphatic rings. The normalized spacial score (nSPS) is 12.4. The summed E-state index contributed by atoms with van der Waals surface area (Å²) in [5.74, 6) is -0.802. The molecule has 0 fully saturated rings. The number of alkyl halides is 2. The smallest absolute Gasteiger partial charge is 0.245 e. The van der Waals surface area contributed by atoms with Crippen LogP contribution in [0.1, 0.15) is 25.3 Å². The average Bonchev–Trinajstić information content (AvgIpc) is 2.79. The fraction of sp³-hybridized carbons (Fsp3) is 0.409. The minimum atomic E-state index is -2.81. The van der Waals surface area contributed by atoms with Gasteiger partial charge in [0, 0.05) is 30.8 Å². The van der Waals surface area contributed by atoms with Crippen LogP contribution in [0.3, 0.4) is 0 Å². The summed E-state index contributed by atoms with van der Waals surface area (Å²) < 4.78 is 37.2. The van der Waals surface area contributed by atoms with E-state index in [0.29, 0.717) is 40.8 Å². The third kappa shape index (κ3) is 6.13. The first-order valence-corrected chi connectivity index (χ1v) is 10.2. The summed E-state index contributed by atoms with van der Waals surface area (Å²) in [4.78, 5) is 13.3. The molecule has 2 heterocycles. The molecule has 0 unspecified atom stereocenters. The van der Waals surface area contributed by atoms with Crippen molar-refractivity contribution in [2.24, 2.45) is 0 Å². The molecule has 0 bridgehead atoms. The minimum Gasteiger partial charge on any atom is -0.497 e. The number of hydrogen-bond acceptors (Lipinski definition) is 8. The van der Waals surface area contributed by atoms with Gasteiger partial charge in [-0.2, -0.15) is 4.98 Å². The molecule has 3 rings (SSSR count). The second kappa shape index (κ2) is 10.4. The predicted octanol–water partition coefficient (Wildman–Crippen LogP) is 3.86. The summed E-state index contributed by atoms with van der Waals surface area (Å²) in [6.45, 7) is 0.919. The molecule has 172 valence electrons. The Kier molecular flexibility index (Phi) is 7.57. The van der Waals surface area contributed by atoms with Crippen LogP contribution in [0, 0.1) is 0 Å². The number of ether oxygens (including phenoxy) is 2. The summed E-state index contributed by atoms with van der Waals surface area (Å²) >= 11 is 0. The molecule has 0 saturated heterocycles. The third-order valence-corrected chi connectivity index (χ3v) is 4.88. The number of aliphatic hydroxyl groups excluding tert-OH is 1. The third-order valence-electron chi connectivity index (χ3n) is 4.88.